The van der Waals surface area contributed by atoms with Crippen molar-refractivity contribution in [1.29, 1.82) is 0 Å². The Morgan fingerprint density at radius 1 is 0.857 bits per heavy atom. The van der Waals surface area contributed by atoms with Crippen LogP contribution in [-0.2, 0) is 5.41 Å². The number of benzene rings is 1. The summed E-state index contributed by atoms with van der Waals surface area (Å²) in [5.74, 6) is 0. The van der Waals surface area contributed by atoms with Gasteiger partial charge in [0.05, 0.1) is 0 Å². The third-order valence-corrected chi connectivity index (χ3v) is 5.10. The Labute approximate surface area is 131 Å². The van der Waals surface area contributed by atoms with Crippen molar-refractivity contribution in [1.82, 2.24) is 5.32 Å². The highest BCUT2D eigenvalue weighted by Gasteiger charge is 2.37. The highest BCUT2D eigenvalue weighted by molar-refractivity contribution is 5.32. The zero-order chi connectivity index (χ0) is 15.0. The molecule has 21 heavy (non-hydrogen) atoms. The van der Waals surface area contributed by atoms with Gasteiger partial charge in [0.1, 0.15) is 0 Å². The number of nitrogens with one attached hydrogen (secondary N) is 1. The second-order valence-electron chi connectivity index (χ2n) is 6.97. The van der Waals surface area contributed by atoms with Crippen molar-refractivity contribution < 1.29 is 0 Å². The van der Waals surface area contributed by atoms with Gasteiger partial charge in [-0.15, -0.1) is 0 Å². The predicted octanol–water partition coefficient (Wildman–Crippen LogP) is 5.37. The highest BCUT2D eigenvalue weighted by atomic mass is 15.0. The minimum atomic E-state index is 0.440. The van der Waals surface area contributed by atoms with E-state index in [1.54, 1.807) is 5.56 Å². The molecular weight excluding hydrogens is 254 g/mol. The maximum absolute atomic E-state index is 3.49. The lowest BCUT2D eigenvalue weighted by atomic mass is 9.71. The number of aryl methyl sites for hydroxylation is 1. The van der Waals surface area contributed by atoms with E-state index in [0.717, 1.165) is 0 Å². The van der Waals surface area contributed by atoms with Crippen molar-refractivity contribution in [3.8, 4) is 0 Å². The number of hydrogen-bond donors (Lipinski definition) is 1. The number of unbranched alkanes of at least 4 members (excludes halogenated alkanes) is 7. The van der Waals surface area contributed by atoms with Crippen molar-refractivity contribution in [2.45, 2.75) is 77.0 Å². The lowest BCUT2D eigenvalue weighted by molar-refractivity contribution is 0.249. The fraction of sp³-hybridized carbons (Fsp3) is 0.700. The Hall–Kier alpha value is -0.820. The zero-order valence-corrected chi connectivity index (χ0v) is 14.1. The van der Waals surface area contributed by atoms with Crippen molar-refractivity contribution in [2.75, 3.05) is 13.1 Å². The molecule has 1 aliphatic rings. The van der Waals surface area contributed by atoms with Crippen LogP contribution in [0.4, 0.5) is 0 Å². The van der Waals surface area contributed by atoms with E-state index in [1.165, 1.54) is 76.4 Å². The molecule has 0 spiro atoms. The van der Waals surface area contributed by atoms with E-state index in [0.29, 0.717) is 5.41 Å². The summed E-state index contributed by atoms with van der Waals surface area (Å²) in [6.45, 7) is 6.81. The average Bonchev–Trinajstić information content (AvgIpc) is 2.45. The van der Waals surface area contributed by atoms with Crippen LogP contribution in [-0.4, -0.2) is 13.1 Å². The molecule has 0 atom stereocenters. The average molecular weight is 287 g/mol. The van der Waals surface area contributed by atoms with Crippen molar-refractivity contribution in [3.63, 3.8) is 0 Å². The summed E-state index contributed by atoms with van der Waals surface area (Å²) in [4.78, 5) is 0. The Balaban J connectivity index is 1.67. The van der Waals surface area contributed by atoms with E-state index in [1.807, 2.05) is 0 Å². The fourth-order valence-electron chi connectivity index (χ4n) is 3.46. The first-order valence-electron chi connectivity index (χ1n) is 9.05. The molecule has 0 radical (unpaired) electrons. The summed E-state index contributed by atoms with van der Waals surface area (Å²) >= 11 is 0. The summed E-state index contributed by atoms with van der Waals surface area (Å²) < 4.78 is 0. The molecule has 0 amide bonds. The largest absolute Gasteiger partial charge is 0.315 e. The van der Waals surface area contributed by atoms with Gasteiger partial charge in [-0.3, -0.25) is 0 Å². The van der Waals surface area contributed by atoms with Gasteiger partial charge in [0.2, 0.25) is 0 Å². The number of rotatable bonds is 10. The van der Waals surface area contributed by atoms with Crippen LogP contribution >= 0.6 is 0 Å². The summed E-state index contributed by atoms with van der Waals surface area (Å²) in [5, 5.41) is 3.49. The first-order valence-corrected chi connectivity index (χ1v) is 9.05. The van der Waals surface area contributed by atoms with Crippen molar-refractivity contribution >= 4 is 0 Å². The molecule has 0 aliphatic carbocycles. The van der Waals surface area contributed by atoms with Crippen LogP contribution < -0.4 is 5.32 Å². The van der Waals surface area contributed by atoms with Gasteiger partial charge < -0.3 is 5.32 Å². The number of hydrogen-bond acceptors (Lipinski definition) is 1. The van der Waals surface area contributed by atoms with Crippen LogP contribution in [0.1, 0.15) is 75.8 Å². The van der Waals surface area contributed by atoms with Gasteiger partial charge in [-0.05, 0) is 18.9 Å². The monoisotopic (exact) mass is 287 g/mol. The standard InChI is InChI=1S/C20H33N/c1-3-4-5-6-7-8-9-10-15-20(16-21-17-20)19-13-11-18(2)12-14-19/h11-14,21H,3-10,15-17H2,1-2H3. The van der Waals surface area contributed by atoms with Crippen LogP contribution in [0.25, 0.3) is 0 Å². The molecule has 1 nitrogen and oxygen atoms in total. The normalized spacial score (nSPS) is 16.7. The van der Waals surface area contributed by atoms with Crippen LogP contribution in [0, 0.1) is 6.92 Å². The predicted molar refractivity (Wildman–Crippen MR) is 93.0 cm³/mol. The van der Waals surface area contributed by atoms with Crippen molar-refractivity contribution in [3.05, 3.63) is 35.4 Å². The van der Waals surface area contributed by atoms with Gasteiger partial charge in [0, 0.05) is 18.5 Å². The van der Waals surface area contributed by atoms with E-state index in [4.69, 9.17) is 0 Å². The fourth-order valence-corrected chi connectivity index (χ4v) is 3.46. The minimum Gasteiger partial charge on any atom is -0.315 e. The Kier molecular flexibility index (Phi) is 6.76. The molecule has 118 valence electrons. The molecule has 2 rings (SSSR count). The molecule has 1 fully saturated rings. The Morgan fingerprint density at radius 3 is 1.95 bits per heavy atom. The van der Waals surface area contributed by atoms with Gasteiger partial charge in [0.15, 0.2) is 0 Å². The third kappa shape index (κ3) is 4.85. The molecule has 1 aromatic rings. The summed E-state index contributed by atoms with van der Waals surface area (Å²) in [6, 6.07) is 9.23. The molecule has 1 N–H and O–H groups in total. The van der Waals surface area contributed by atoms with E-state index < -0.39 is 0 Å². The van der Waals surface area contributed by atoms with Gasteiger partial charge in [-0.25, -0.2) is 0 Å². The van der Waals surface area contributed by atoms with E-state index in [-0.39, 0.29) is 0 Å². The molecular formula is C20H33N. The lowest BCUT2D eigenvalue weighted by Crippen LogP contribution is -2.56. The molecule has 1 heterocycles. The topological polar surface area (TPSA) is 12.0 Å². The maximum atomic E-state index is 3.49. The SMILES string of the molecule is CCCCCCCCCCC1(c2ccc(C)cc2)CNC1. The summed E-state index contributed by atoms with van der Waals surface area (Å²) in [5.41, 5.74) is 3.36. The first-order chi connectivity index (χ1) is 10.3. The second kappa shape index (κ2) is 8.58. The van der Waals surface area contributed by atoms with Crippen LogP contribution in [0.5, 0.6) is 0 Å². The van der Waals surface area contributed by atoms with Crippen LogP contribution in [0.2, 0.25) is 0 Å². The minimum absolute atomic E-state index is 0.440. The Bertz CT molecular complexity index is 389. The smallest absolute Gasteiger partial charge is 0.0202 e. The van der Waals surface area contributed by atoms with E-state index in [9.17, 15) is 0 Å². The molecule has 1 aromatic carbocycles. The van der Waals surface area contributed by atoms with Gasteiger partial charge in [0.25, 0.3) is 0 Å². The first kappa shape index (κ1) is 16.5. The van der Waals surface area contributed by atoms with Crippen LogP contribution in [0.3, 0.4) is 0 Å². The Morgan fingerprint density at radius 2 is 1.43 bits per heavy atom. The second-order valence-corrected chi connectivity index (χ2v) is 6.97. The van der Waals surface area contributed by atoms with Gasteiger partial charge >= 0.3 is 0 Å². The molecule has 1 aliphatic heterocycles. The molecule has 1 saturated heterocycles. The molecule has 0 aromatic heterocycles. The molecule has 0 unspecified atom stereocenters. The highest BCUT2D eigenvalue weighted by Crippen LogP contribution is 2.34. The summed E-state index contributed by atoms with van der Waals surface area (Å²) in [6.07, 6.45) is 12.7. The molecule has 1 heteroatoms. The lowest BCUT2D eigenvalue weighted by Gasteiger charge is -2.43. The quantitative estimate of drug-likeness (QED) is 0.571. The maximum Gasteiger partial charge on any atom is 0.0202 e. The van der Waals surface area contributed by atoms with E-state index in [2.05, 4.69) is 43.4 Å². The summed E-state index contributed by atoms with van der Waals surface area (Å²) in [7, 11) is 0. The zero-order valence-electron chi connectivity index (χ0n) is 14.1. The van der Waals surface area contributed by atoms with Gasteiger partial charge in [-0.1, -0.05) is 88.1 Å². The van der Waals surface area contributed by atoms with Crippen molar-refractivity contribution in [2.24, 2.45) is 0 Å². The molecule has 0 bridgehead atoms. The van der Waals surface area contributed by atoms with E-state index >= 15 is 0 Å². The van der Waals surface area contributed by atoms with Gasteiger partial charge in [-0.2, -0.15) is 0 Å². The molecule has 0 saturated carbocycles. The van der Waals surface area contributed by atoms with Crippen LogP contribution in [0.15, 0.2) is 24.3 Å². The third-order valence-electron chi connectivity index (χ3n) is 5.10.